The molecule has 3 nitrogen and oxygen atoms in total. The SMILES string of the molecule is NCCc1ncc(-c2cccc(F)c2)cn1. The summed E-state index contributed by atoms with van der Waals surface area (Å²) in [5.41, 5.74) is 6.98. The molecule has 0 amide bonds. The van der Waals surface area contributed by atoms with E-state index < -0.39 is 0 Å². The fourth-order valence-electron chi connectivity index (χ4n) is 1.43. The van der Waals surface area contributed by atoms with Crippen LogP contribution < -0.4 is 5.73 Å². The van der Waals surface area contributed by atoms with Gasteiger partial charge in [0.05, 0.1) is 0 Å². The van der Waals surface area contributed by atoms with Gasteiger partial charge >= 0.3 is 0 Å². The monoisotopic (exact) mass is 217 g/mol. The number of benzene rings is 1. The van der Waals surface area contributed by atoms with Crippen molar-refractivity contribution in [3.8, 4) is 11.1 Å². The van der Waals surface area contributed by atoms with Crippen molar-refractivity contribution in [1.82, 2.24) is 9.97 Å². The second-order valence-corrected chi connectivity index (χ2v) is 3.44. The average Bonchev–Trinajstić information content (AvgIpc) is 2.30. The number of halogens is 1. The molecule has 0 saturated carbocycles. The average molecular weight is 217 g/mol. The molecule has 0 radical (unpaired) electrons. The highest BCUT2D eigenvalue weighted by molar-refractivity contribution is 5.61. The fourth-order valence-corrected chi connectivity index (χ4v) is 1.43. The first-order chi connectivity index (χ1) is 7.79. The van der Waals surface area contributed by atoms with Crippen LogP contribution in [-0.2, 0) is 6.42 Å². The van der Waals surface area contributed by atoms with Crippen molar-refractivity contribution in [3.05, 3.63) is 48.3 Å². The number of hydrogen-bond acceptors (Lipinski definition) is 3. The van der Waals surface area contributed by atoms with Gasteiger partial charge in [0.25, 0.3) is 0 Å². The summed E-state index contributed by atoms with van der Waals surface area (Å²) >= 11 is 0. The Morgan fingerprint density at radius 3 is 2.50 bits per heavy atom. The molecule has 1 heterocycles. The molecule has 1 aromatic carbocycles. The number of aromatic nitrogens is 2. The van der Waals surface area contributed by atoms with E-state index in [-0.39, 0.29) is 5.82 Å². The van der Waals surface area contributed by atoms with E-state index in [2.05, 4.69) is 9.97 Å². The standard InChI is InChI=1S/C12H12FN3/c13-11-3-1-2-9(6-11)10-7-15-12(4-5-14)16-8-10/h1-3,6-8H,4-5,14H2. The van der Waals surface area contributed by atoms with Crippen LogP contribution in [0.1, 0.15) is 5.82 Å². The van der Waals surface area contributed by atoms with Gasteiger partial charge in [0.15, 0.2) is 0 Å². The predicted octanol–water partition coefficient (Wildman–Crippen LogP) is 1.78. The number of nitrogens with zero attached hydrogens (tertiary/aromatic N) is 2. The lowest BCUT2D eigenvalue weighted by Gasteiger charge is -2.02. The van der Waals surface area contributed by atoms with E-state index in [9.17, 15) is 4.39 Å². The highest BCUT2D eigenvalue weighted by Crippen LogP contribution is 2.18. The van der Waals surface area contributed by atoms with Gasteiger partial charge in [-0.2, -0.15) is 0 Å². The number of nitrogens with two attached hydrogens (primary N) is 1. The maximum Gasteiger partial charge on any atom is 0.129 e. The molecule has 2 N–H and O–H groups in total. The van der Waals surface area contributed by atoms with Crippen LogP contribution in [0.25, 0.3) is 11.1 Å². The second-order valence-electron chi connectivity index (χ2n) is 3.44. The van der Waals surface area contributed by atoms with Crippen LogP contribution in [0.4, 0.5) is 4.39 Å². The molecule has 0 aliphatic heterocycles. The van der Waals surface area contributed by atoms with E-state index in [4.69, 9.17) is 5.73 Å². The quantitative estimate of drug-likeness (QED) is 0.852. The summed E-state index contributed by atoms with van der Waals surface area (Å²) in [4.78, 5) is 8.32. The lowest BCUT2D eigenvalue weighted by atomic mass is 10.1. The zero-order chi connectivity index (χ0) is 11.4. The Bertz CT molecular complexity index is 468. The molecule has 1 aromatic heterocycles. The van der Waals surface area contributed by atoms with Gasteiger partial charge in [-0.15, -0.1) is 0 Å². The Morgan fingerprint density at radius 1 is 1.12 bits per heavy atom. The molecule has 2 rings (SSSR count). The van der Waals surface area contributed by atoms with Crippen LogP contribution in [0, 0.1) is 5.82 Å². The molecule has 16 heavy (non-hydrogen) atoms. The van der Waals surface area contributed by atoms with Crippen molar-refractivity contribution in [2.75, 3.05) is 6.54 Å². The molecule has 2 aromatic rings. The van der Waals surface area contributed by atoms with E-state index in [1.165, 1.54) is 12.1 Å². The van der Waals surface area contributed by atoms with Crippen molar-refractivity contribution >= 4 is 0 Å². The molecule has 0 fully saturated rings. The Morgan fingerprint density at radius 2 is 1.88 bits per heavy atom. The first kappa shape index (κ1) is 10.7. The third-order valence-corrected chi connectivity index (χ3v) is 2.23. The van der Waals surface area contributed by atoms with Gasteiger partial charge in [-0.25, -0.2) is 14.4 Å². The summed E-state index contributed by atoms with van der Waals surface area (Å²) in [6.07, 6.45) is 4.03. The number of hydrogen-bond donors (Lipinski definition) is 1. The summed E-state index contributed by atoms with van der Waals surface area (Å²) in [6, 6.07) is 6.36. The molecule has 0 saturated heterocycles. The second kappa shape index (κ2) is 4.81. The maximum atomic E-state index is 13.0. The van der Waals surface area contributed by atoms with Gasteiger partial charge in [0.2, 0.25) is 0 Å². The largest absolute Gasteiger partial charge is 0.330 e. The minimum atomic E-state index is -0.261. The smallest absolute Gasteiger partial charge is 0.129 e. The normalized spacial score (nSPS) is 10.4. The van der Waals surface area contributed by atoms with E-state index in [1.807, 2.05) is 6.07 Å². The molecule has 0 bridgehead atoms. The van der Waals surface area contributed by atoms with E-state index in [1.54, 1.807) is 18.5 Å². The summed E-state index contributed by atoms with van der Waals surface area (Å²) in [5, 5.41) is 0. The Labute approximate surface area is 93.2 Å². The van der Waals surface area contributed by atoms with Crippen LogP contribution in [-0.4, -0.2) is 16.5 Å². The zero-order valence-corrected chi connectivity index (χ0v) is 8.73. The molecule has 0 spiro atoms. The first-order valence-electron chi connectivity index (χ1n) is 5.06. The molecule has 0 aliphatic rings. The summed E-state index contributed by atoms with van der Waals surface area (Å²) in [6.45, 7) is 0.527. The van der Waals surface area contributed by atoms with Gasteiger partial charge in [-0.1, -0.05) is 12.1 Å². The molecule has 0 aliphatic carbocycles. The Kier molecular flexibility index (Phi) is 3.22. The van der Waals surface area contributed by atoms with Crippen molar-refractivity contribution in [1.29, 1.82) is 0 Å². The Balaban J connectivity index is 2.27. The van der Waals surface area contributed by atoms with Crippen LogP contribution >= 0.6 is 0 Å². The summed E-state index contributed by atoms with van der Waals surface area (Å²) in [7, 11) is 0. The molecular formula is C12H12FN3. The summed E-state index contributed by atoms with van der Waals surface area (Å²) < 4.78 is 13.0. The molecule has 0 atom stereocenters. The van der Waals surface area contributed by atoms with Gasteiger partial charge in [-0.05, 0) is 24.2 Å². The predicted molar refractivity (Wildman–Crippen MR) is 60.2 cm³/mol. The topological polar surface area (TPSA) is 51.8 Å². The van der Waals surface area contributed by atoms with Crippen molar-refractivity contribution in [2.45, 2.75) is 6.42 Å². The van der Waals surface area contributed by atoms with E-state index >= 15 is 0 Å². The molecule has 82 valence electrons. The Hall–Kier alpha value is -1.81. The minimum Gasteiger partial charge on any atom is -0.330 e. The number of rotatable bonds is 3. The van der Waals surface area contributed by atoms with E-state index in [0.717, 1.165) is 11.1 Å². The lowest BCUT2D eigenvalue weighted by molar-refractivity contribution is 0.628. The van der Waals surface area contributed by atoms with Crippen LogP contribution in [0.15, 0.2) is 36.7 Å². The van der Waals surface area contributed by atoms with Gasteiger partial charge < -0.3 is 5.73 Å². The third kappa shape index (κ3) is 2.41. The summed E-state index contributed by atoms with van der Waals surface area (Å²) in [5.74, 6) is 0.450. The maximum absolute atomic E-state index is 13.0. The molecule has 0 unspecified atom stereocenters. The van der Waals surface area contributed by atoms with E-state index in [0.29, 0.717) is 18.8 Å². The fraction of sp³-hybridized carbons (Fsp3) is 0.167. The van der Waals surface area contributed by atoms with Crippen molar-refractivity contribution < 1.29 is 4.39 Å². The first-order valence-corrected chi connectivity index (χ1v) is 5.06. The third-order valence-electron chi connectivity index (χ3n) is 2.23. The molecular weight excluding hydrogens is 205 g/mol. The highest BCUT2D eigenvalue weighted by Gasteiger charge is 2.01. The van der Waals surface area contributed by atoms with Crippen LogP contribution in [0.3, 0.4) is 0 Å². The lowest BCUT2D eigenvalue weighted by Crippen LogP contribution is -2.06. The zero-order valence-electron chi connectivity index (χ0n) is 8.73. The van der Waals surface area contributed by atoms with Crippen molar-refractivity contribution in [3.63, 3.8) is 0 Å². The highest BCUT2D eigenvalue weighted by atomic mass is 19.1. The van der Waals surface area contributed by atoms with Crippen LogP contribution in [0.2, 0.25) is 0 Å². The van der Waals surface area contributed by atoms with Crippen molar-refractivity contribution in [2.24, 2.45) is 5.73 Å². The minimum absolute atomic E-state index is 0.261. The van der Waals surface area contributed by atoms with Gasteiger partial charge in [0.1, 0.15) is 11.6 Å². The van der Waals surface area contributed by atoms with Gasteiger partial charge in [-0.3, -0.25) is 0 Å². The van der Waals surface area contributed by atoms with Crippen LogP contribution in [0.5, 0.6) is 0 Å². The van der Waals surface area contributed by atoms with Gasteiger partial charge in [0, 0.05) is 24.4 Å². The molecule has 4 heteroatoms.